The maximum atomic E-state index is 12.7. The molecule has 0 radical (unpaired) electrons. The van der Waals surface area contributed by atoms with Crippen LogP contribution in [-0.4, -0.2) is 44.9 Å². The minimum Gasteiger partial charge on any atom is -0.395 e. The number of carbonyl (C=O) groups is 1. The van der Waals surface area contributed by atoms with Crippen LogP contribution in [0, 0.1) is 13.8 Å². The van der Waals surface area contributed by atoms with E-state index >= 15 is 0 Å². The number of aromatic nitrogens is 2. The van der Waals surface area contributed by atoms with Crippen LogP contribution in [0.4, 0.5) is 8.78 Å². The van der Waals surface area contributed by atoms with E-state index in [0.29, 0.717) is 28.2 Å². The number of aryl methyl sites for hydroxylation is 1. The van der Waals surface area contributed by atoms with Crippen molar-refractivity contribution in [3.63, 3.8) is 0 Å². The molecule has 1 saturated carbocycles. The average Bonchev–Trinajstić information content (AvgIpc) is 3.18. The summed E-state index contributed by atoms with van der Waals surface area (Å²) in [6.07, 6.45) is 1.95. The molecular formula is C13H19F2N3O2. The summed E-state index contributed by atoms with van der Waals surface area (Å²) in [5.74, 6) is -0.137. The molecule has 2 rings (SSSR count). The molecule has 1 aromatic rings. The number of aliphatic hydroxyl groups is 1. The molecular weight excluding hydrogens is 268 g/mol. The van der Waals surface area contributed by atoms with E-state index in [4.69, 9.17) is 5.11 Å². The first-order valence-electron chi connectivity index (χ1n) is 6.68. The molecule has 0 bridgehead atoms. The number of amides is 1. The number of aliphatic hydroxyl groups excluding tert-OH is 1. The summed E-state index contributed by atoms with van der Waals surface area (Å²) in [5, 5.41) is 12.8. The third-order valence-corrected chi connectivity index (χ3v) is 3.64. The summed E-state index contributed by atoms with van der Waals surface area (Å²) < 4.78 is 26.1. The molecule has 1 heterocycles. The molecule has 0 saturated heterocycles. The molecule has 7 heteroatoms. The molecule has 0 aliphatic heterocycles. The van der Waals surface area contributed by atoms with Gasteiger partial charge in [-0.3, -0.25) is 4.79 Å². The fourth-order valence-electron chi connectivity index (χ4n) is 2.40. The second-order valence-corrected chi connectivity index (χ2v) is 5.09. The fraction of sp³-hybridized carbons (Fsp3) is 0.692. The van der Waals surface area contributed by atoms with Gasteiger partial charge in [0.25, 0.3) is 0 Å². The molecule has 1 fully saturated rings. The Morgan fingerprint density at radius 3 is 2.60 bits per heavy atom. The SMILES string of the molecule is Cc1nn(C(F)F)c(C)c1CC(=O)N(CCO)C1CC1. The van der Waals surface area contributed by atoms with Crippen molar-refractivity contribution in [2.24, 2.45) is 0 Å². The van der Waals surface area contributed by atoms with Crippen molar-refractivity contribution in [2.45, 2.75) is 45.7 Å². The van der Waals surface area contributed by atoms with Gasteiger partial charge in [-0.2, -0.15) is 13.9 Å². The van der Waals surface area contributed by atoms with Crippen molar-refractivity contribution in [1.82, 2.24) is 14.7 Å². The van der Waals surface area contributed by atoms with Crippen LogP contribution in [-0.2, 0) is 11.2 Å². The lowest BCUT2D eigenvalue weighted by molar-refractivity contribution is -0.131. The molecule has 1 aliphatic carbocycles. The molecule has 1 N–H and O–H groups in total. The van der Waals surface area contributed by atoms with Gasteiger partial charge >= 0.3 is 6.55 Å². The summed E-state index contributed by atoms with van der Waals surface area (Å²) in [7, 11) is 0. The zero-order valence-corrected chi connectivity index (χ0v) is 11.6. The number of hydrogen-bond donors (Lipinski definition) is 1. The largest absolute Gasteiger partial charge is 0.395 e. The Kier molecular flexibility index (Phi) is 4.37. The van der Waals surface area contributed by atoms with Crippen LogP contribution < -0.4 is 0 Å². The zero-order chi connectivity index (χ0) is 14.9. The molecule has 0 unspecified atom stereocenters. The second kappa shape index (κ2) is 5.87. The van der Waals surface area contributed by atoms with Gasteiger partial charge in [-0.25, -0.2) is 4.68 Å². The minimum atomic E-state index is -2.70. The summed E-state index contributed by atoms with van der Waals surface area (Å²) >= 11 is 0. The highest BCUT2D eigenvalue weighted by molar-refractivity contribution is 5.80. The summed E-state index contributed by atoms with van der Waals surface area (Å²) in [6, 6.07) is 0.195. The van der Waals surface area contributed by atoms with E-state index in [9.17, 15) is 13.6 Å². The molecule has 0 spiro atoms. The van der Waals surface area contributed by atoms with Crippen molar-refractivity contribution in [3.05, 3.63) is 17.0 Å². The Labute approximate surface area is 116 Å². The fourth-order valence-corrected chi connectivity index (χ4v) is 2.40. The number of nitrogens with zero attached hydrogens (tertiary/aromatic N) is 3. The molecule has 0 aromatic carbocycles. The molecule has 1 aliphatic rings. The predicted octanol–water partition coefficient (Wildman–Crippen LogP) is 1.42. The normalized spacial score (nSPS) is 14.9. The van der Waals surface area contributed by atoms with Crippen LogP contribution in [0.15, 0.2) is 0 Å². The Morgan fingerprint density at radius 2 is 2.15 bits per heavy atom. The van der Waals surface area contributed by atoms with Crippen molar-refractivity contribution < 1.29 is 18.7 Å². The van der Waals surface area contributed by atoms with E-state index in [0.717, 1.165) is 12.8 Å². The number of rotatable bonds is 6. The summed E-state index contributed by atoms with van der Waals surface area (Å²) in [5.41, 5.74) is 1.33. The van der Waals surface area contributed by atoms with Crippen molar-refractivity contribution in [1.29, 1.82) is 0 Å². The van der Waals surface area contributed by atoms with Gasteiger partial charge in [0, 0.05) is 23.8 Å². The first-order chi connectivity index (χ1) is 9.45. The lowest BCUT2D eigenvalue weighted by Gasteiger charge is -2.21. The Hall–Kier alpha value is -1.50. The first kappa shape index (κ1) is 14.9. The van der Waals surface area contributed by atoms with Crippen LogP contribution in [0.5, 0.6) is 0 Å². The zero-order valence-electron chi connectivity index (χ0n) is 11.6. The van der Waals surface area contributed by atoms with Crippen LogP contribution in [0.2, 0.25) is 0 Å². The van der Waals surface area contributed by atoms with Gasteiger partial charge in [-0.15, -0.1) is 0 Å². The maximum Gasteiger partial charge on any atom is 0.333 e. The predicted molar refractivity (Wildman–Crippen MR) is 68.5 cm³/mol. The van der Waals surface area contributed by atoms with E-state index in [1.807, 2.05) is 0 Å². The van der Waals surface area contributed by atoms with Crippen molar-refractivity contribution in [2.75, 3.05) is 13.2 Å². The average molecular weight is 287 g/mol. The highest BCUT2D eigenvalue weighted by atomic mass is 19.3. The van der Waals surface area contributed by atoms with E-state index in [2.05, 4.69) is 5.10 Å². The lowest BCUT2D eigenvalue weighted by Crippen LogP contribution is -2.36. The lowest BCUT2D eigenvalue weighted by atomic mass is 10.1. The van der Waals surface area contributed by atoms with Gasteiger partial charge in [-0.1, -0.05) is 0 Å². The number of alkyl halides is 2. The molecule has 1 aromatic heterocycles. The van der Waals surface area contributed by atoms with Gasteiger partial charge in [0.2, 0.25) is 5.91 Å². The van der Waals surface area contributed by atoms with E-state index in [1.54, 1.807) is 18.7 Å². The highest BCUT2D eigenvalue weighted by Gasteiger charge is 2.32. The molecule has 20 heavy (non-hydrogen) atoms. The molecule has 5 nitrogen and oxygen atoms in total. The Bertz CT molecular complexity index is 498. The van der Waals surface area contributed by atoms with Gasteiger partial charge in [-0.05, 0) is 26.7 Å². The minimum absolute atomic E-state index is 0.0564. The topological polar surface area (TPSA) is 58.4 Å². The Balaban J connectivity index is 2.14. The van der Waals surface area contributed by atoms with E-state index < -0.39 is 6.55 Å². The van der Waals surface area contributed by atoms with Crippen LogP contribution >= 0.6 is 0 Å². The van der Waals surface area contributed by atoms with Gasteiger partial charge in [0.1, 0.15) is 0 Å². The van der Waals surface area contributed by atoms with Gasteiger partial charge in [0.05, 0.1) is 18.7 Å². The second-order valence-electron chi connectivity index (χ2n) is 5.09. The van der Waals surface area contributed by atoms with Crippen LogP contribution in [0.3, 0.4) is 0 Å². The highest BCUT2D eigenvalue weighted by Crippen LogP contribution is 2.28. The quantitative estimate of drug-likeness (QED) is 0.861. The third-order valence-electron chi connectivity index (χ3n) is 3.64. The van der Waals surface area contributed by atoms with Crippen molar-refractivity contribution >= 4 is 5.91 Å². The smallest absolute Gasteiger partial charge is 0.333 e. The summed E-state index contributed by atoms with van der Waals surface area (Å²) in [4.78, 5) is 13.9. The monoisotopic (exact) mass is 287 g/mol. The first-order valence-corrected chi connectivity index (χ1v) is 6.68. The van der Waals surface area contributed by atoms with Gasteiger partial charge in [0.15, 0.2) is 0 Å². The summed E-state index contributed by atoms with van der Waals surface area (Å²) in [6.45, 7) is 0.681. The maximum absolute atomic E-state index is 12.7. The van der Waals surface area contributed by atoms with E-state index in [1.165, 1.54) is 0 Å². The van der Waals surface area contributed by atoms with Crippen LogP contribution in [0.25, 0.3) is 0 Å². The standard InChI is InChI=1S/C13H19F2N3O2/c1-8-11(9(2)18(16-8)13(14)15)7-12(20)17(5-6-19)10-3-4-10/h10,13,19H,3-7H2,1-2H3. The number of carbonyl (C=O) groups excluding carboxylic acids is 1. The molecule has 0 atom stereocenters. The van der Waals surface area contributed by atoms with Gasteiger partial charge < -0.3 is 10.0 Å². The van der Waals surface area contributed by atoms with Crippen LogP contribution in [0.1, 0.15) is 36.3 Å². The molecule has 1 amide bonds. The molecule has 112 valence electrons. The van der Waals surface area contributed by atoms with Crippen molar-refractivity contribution in [3.8, 4) is 0 Å². The third kappa shape index (κ3) is 2.98. The van der Waals surface area contributed by atoms with E-state index in [-0.39, 0.29) is 25.0 Å². The number of halogens is 2. The number of hydrogen-bond acceptors (Lipinski definition) is 3. The Morgan fingerprint density at radius 1 is 1.50 bits per heavy atom.